The van der Waals surface area contributed by atoms with Gasteiger partial charge in [-0.15, -0.1) is 0 Å². The molecule has 0 bridgehead atoms. The van der Waals surface area contributed by atoms with Crippen LogP contribution in [-0.4, -0.2) is 69.8 Å². The minimum atomic E-state index is -0.881. The summed E-state index contributed by atoms with van der Waals surface area (Å²) in [5.41, 5.74) is -0.276. The van der Waals surface area contributed by atoms with Crippen molar-refractivity contribution in [2.75, 3.05) is 6.54 Å². The van der Waals surface area contributed by atoms with E-state index in [2.05, 4.69) is 0 Å². The molecule has 11 nitrogen and oxygen atoms in total. The molecule has 0 aromatic heterocycles. The van der Waals surface area contributed by atoms with Gasteiger partial charge in [0.05, 0.1) is 11.5 Å². The Labute approximate surface area is 172 Å². The van der Waals surface area contributed by atoms with E-state index in [0.717, 1.165) is 29.5 Å². The molecule has 1 aliphatic carbocycles. The number of carbonyl (C=O) groups excluding carboxylic acids is 1. The summed E-state index contributed by atoms with van der Waals surface area (Å²) in [7, 11) is 0. The first kappa shape index (κ1) is 21.1. The minimum Gasteiger partial charge on any atom is -0.342 e. The van der Waals surface area contributed by atoms with Crippen molar-refractivity contribution in [3.8, 4) is 0 Å². The van der Waals surface area contributed by atoms with Gasteiger partial charge in [-0.1, -0.05) is 0 Å². The number of hydrogen-bond donors (Lipinski definition) is 1. The van der Waals surface area contributed by atoms with Gasteiger partial charge in [0.1, 0.15) is 24.4 Å². The number of fused-ring (bicyclic) bond motifs is 3. The van der Waals surface area contributed by atoms with Gasteiger partial charge >= 0.3 is 0 Å². The lowest BCUT2D eigenvalue weighted by atomic mass is 9.99. The van der Waals surface area contributed by atoms with Crippen LogP contribution in [0.15, 0.2) is 35.7 Å². The molecule has 3 aliphatic heterocycles. The molecule has 3 heterocycles. The molecule has 3 fully saturated rings. The smallest absolute Gasteiger partial charge is 0.270 e. The van der Waals surface area contributed by atoms with Crippen LogP contribution in [-0.2, 0) is 28.5 Å². The maximum absolute atomic E-state index is 12.0. The second-order valence-electron chi connectivity index (χ2n) is 8.44. The second kappa shape index (κ2) is 7.22. The van der Waals surface area contributed by atoms with Gasteiger partial charge in [-0.25, -0.2) is 0 Å². The van der Waals surface area contributed by atoms with Gasteiger partial charge in [-0.05, 0) is 33.8 Å². The molecule has 4 aliphatic rings. The summed E-state index contributed by atoms with van der Waals surface area (Å²) in [5, 5.41) is 22.1. The van der Waals surface area contributed by atoms with Crippen molar-refractivity contribution in [1.82, 2.24) is 5.06 Å². The van der Waals surface area contributed by atoms with Gasteiger partial charge in [0, 0.05) is 23.9 Å². The van der Waals surface area contributed by atoms with Crippen molar-refractivity contribution in [2.24, 2.45) is 0 Å². The van der Waals surface area contributed by atoms with Gasteiger partial charge in [-0.2, -0.15) is 0 Å². The maximum Gasteiger partial charge on any atom is 0.270 e. The lowest BCUT2D eigenvalue weighted by Gasteiger charge is -2.38. The summed E-state index contributed by atoms with van der Waals surface area (Å²) in [5.74, 6) is -2.21. The van der Waals surface area contributed by atoms with Gasteiger partial charge in [-0.3, -0.25) is 25.2 Å². The third kappa shape index (κ3) is 4.04. The monoisotopic (exact) mass is 424 g/mol. The van der Waals surface area contributed by atoms with Gasteiger partial charge in [0.25, 0.3) is 5.70 Å². The summed E-state index contributed by atoms with van der Waals surface area (Å²) in [6.07, 6.45) is 1.49. The summed E-state index contributed by atoms with van der Waals surface area (Å²) >= 11 is 0. The van der Waals surface area contributed by atoms with Crippen LogP contribution < -0.4 is 0 Å². The van der Waals surface area contributed by atoms with Crippen LogP contribution in [0.5, 0.6) is 0 Å². The normalized spacial score (nSPS) is 37.6. The number of hydroxylamine groups is 2. The molecule has 3 saturated heterocycles. The number of ether oxygens (including phenoxy) is 5. The van der Waals surface area contributed by atoms with Crippen LogP contribution in [0.2, 0.25) is 0 Å². The molecule has 164 valence electrons. The Kier molecular flexibility index (Phi) is 5.08. The lowest BCUT2D eigenvalue weighted by Crippen LogP contribution is -2.57. The highest BCUT2D eigenvalue weighted by molar-refractivity contribution is 6.07. The molecule has 0 amide bonds. The van der Waals surface area contributed by atoms with Crippen LogP contribution in [0.1, 0.15) is 27.7 Å². The van der Waals surface area contributed by atoms with E-state index in [4.69, 9.17) is 23.7 Å². The number of carbonyl (C=O) groups is 1. The largest absolute Gasteiger partial charge is 0.342 e. The van der Waals surface area contributed by atoms with Crippen molar-refractivity contribution >= 4 is 5.78 Å². The minimum absolute atomic E-state index is 0.0255. The lowest BCUT2D eigenvalue weighted by molar-refractivity contribution is -0.419. The molecule has 0 aromatic rings. The van der Waals surface area contributed by atoms with Crippen molar-refractivity contribution in [3.05, 3.63) is 45.8 Å². The fraction of sp³-hybridized carbons (Fsp3) is 0.632. The zero-order chi connectivity index (χ0) is 21.8. The van der Waals surface area contributed by atoms with Crippen LogP contribution in [0.3, 0.4) is 0 Å². The number of hydrogen-bond acceptors (Lipinski definition) is 10. The summed E-state index contributed by atoms with van der Waals surface area (Å²) < 4.78 is 29.7. The van der Waals surface area contributed by atoms with Crippen LogP contribution in [0.4, 0.5) is 0 Å². The molecule has 4 rings (SSSR count). The summed E-state index contributed by atoms with van der Waals surface area (Å²) in [6, 6.07) is 0. The molecule has 0 spiro atoms. The van der Waals surface area contributed by atoms with Crippen LogP contribution >= 0.6 is 0 Å². The number of nitro groups is 1. The zero-order valence-electron chi connectivity index (χ0n) is 17.0. The Morgan fingerprint density at radius 3 is 2.43 bits per heavy atom. The molecule has 1 N–H and O–H groups in total. The van der Waals surface area contributed by atoms with E-state index < -0.39 is 53.0 Å². The predicted octanol–water partition coefficient (Wildman–Crippen LogP) is 1.26. The Bertz CT molecular complexity index is 847. The molecule has 0 saturated carbocycles. The van der Waals surface area contributed by atoms with E-state index in [1.807, 2.05) is 0 Å². The Hall–Kier alpha value is -2.15. The predicted molar refractivity (Wildman–Crippen MR) is 98.3 cm³/mol. The van der Waals surface area contributed by atoms with E-state index in [-0.39, 0.29) is 17.8 Å². The molecule has 0 radical (unpaired) electrons. The van der Waals surface area contributed by atoms with Gasteiger partial charge in [0.15, 0.2) is 23.6 Å². The van der Waals surface area contributed by atoms with E-state index in [1.54, 1.807) is 27.7 Å². The van der Waals surface area contributed by atoms with Crippen LogP contribution in [0, 0.1) is 10.1 Å². The SMILES string of the molecule is CC1(C)O[C@H]2[C@@H](O1)[C@@H](CN(O)/C=C1\C=C([N+](=O)[O-])C=CC1=O)O[C@@H]1OC(C)(C)O[C@@H]12. The number of nitrogens with zero attached hydrogens (tertiary/aromatic N) is 2. The Morgan fingerprint density at radius 2 is 1.73 bits per heavy atom. The first-order valence-corrected chi connectivity index (χ1v) is 9.57. The number of allylic oxidation sites excluding steroid dienone is 4. The van der Waals surface area contributed by atoms with E-state index in [0.29, 0.717) is 0 Å². The fourth-order valence-electron chi connectivity index (χ4n) is 3.99. The molecule has 11 heteroatoms. The molecule has 30 heavy (non-hydrogen) atoms. The standard InChI is InChI=1S/C19H24N2O9/c1-18(2)27-14-13(26-17-16(15(14)28-18)29-19(3,4)30-17)9-20(23)8-10-7-11(21(24)25)5-6-12(10)22/h5-8,13-17,23H,9H2,1-4H3/b10-8+/t13-,14+,15+,16-,17-/m1/s1. The topological polar surface area (TPSA) is 130 Å². The quantitative estimate of drug-likeness (QED) is 0.400. The average molecular weight is 424 g/mol. The molecular formula is C19H24N2O9. The van der Waals surface area contributed by atoms with Crippen LogP contribution in [0.25, 0.3) is 0 Å². The zero-order valence-corrected chi connectivity index (χ0v) is 17.0. The highest BCUT2D eigenvalue weighted by Gasteiger charge is 2.60. The highest BCUT2D eigenvalue weighted by Crippen LogP contribution is 2.44. The molecule has 0 unspecified atom stereocenters. The van der Waals surface area contributed by atoms with Crippen molar-refractivity contribution in [1.29, 1.82) is 0 Å². The van der Waals surface area contributed by atoms with E-state index in [9.17, 15) is 20.1 Å². The third-order valence-electron chi connectivity index (χ3n) is 5.11. The first-order chi connectivity index (χ1) is 13.9. The van der Waals surface area contributed by atoms with Crippen molar-refractivity contribution in [2.45, 2.75) is 70.0 Å². The molecule has 5 atom stereocenters. The third-order valence-corrected chi connectivity index (χ3v) is 5.11. The second-order valence-corrected chi connectivity index (χ2v) is 8.44. The van der Waals surface area contributed by atoms with Crippen molar-refractivity contribution < 1.29 is 38.6 Å². The fourth-order valence-corrected chi connectivity index (χ4v) is 3.99. The van der Waals surface area contributed by atoms with Gasteiger partial charge < -0.3 is 23.7 Å². The Balaban J connectivity index is 1.53. The van der Waals surface area contributed by atoms with Crippen molar-refractivity contribution in [3.63, 3.8) is 0 Å². The summed E-state index contributed by atoms with van der Waals surface area (Å²) in [6.45, 7) is 6.99. The van der Waals surface area contributed by atoms with Gasteiger partial charge in [0.2, 0.25) is 0 Å². The molecule has 0 aromatic carbocycles. The average Bonchev–Trinajstić information content (AvgIpc) is 3.11. The van der Waals surface area contributed by atoms with E-state index >= 15 is 0 Å². The number of rotatable bonds is 4. The first-order valence-electron chi connectivity index (χ1n) is 9.57. The Morgan fingerprint density at radius 1 is 1.10 bits per heavy atom. The maximum atomic E-state index is 12.0. The summed E-state index contributed by atoms with van der Waals surface area (Å²) in [4.78, 5) is 22.3. The number of ketones is 1. The highest BCUT2D eigenvalue weighted by atomic mass is 16.9. The molecular weight excluding hydrogens is 400 g/mol. The van der Waals surface area contributed by atoms with E-state index in [1.165, 1.54) is 0 Å².